The average Bonchev–Trinajstić information content (AvgIpc) is 2.33. The number of carbonyl (C=O) groups excluding carboxylic acids is 1. The zero-order chi connectivity index (χ0) is 13.5. The second kappa shape index (κ2) is 6.64. The van der Waals surface area contributed by atoms with Crippen LogP contribution >= 0.6 is 0 Å². The minimum absolute atomic E-state index is 0.0112. The number of nitrogens with zero attached hydrogens (tertiary/aromatic N) is 1. The van der Waals surface area contributed by atoms with Crippen LogP contribution in [0.2, 0.25) is 0 Å². The molecule has 3 nitrogen and oxygen atoms in total. The first-order chi connectivity index (χ1) is 8.52. The van der Waals surface area contributed by atoms with Gasteiger partial charge in [-0.05, 0) is 37.6 Å². The van der Waals surface area contributed by atoms with Crippen molar-refractivity contribution in [3.8, 4) is 0 Å². The van der Waals surface area contributed by atoms with E-state index in [1.54, 1.807) is 17.1 Å². The van der Waals surface area contributed by atoms with Gasteiger partial charge in [-0.15, -0.1) is 0 Å². The van der Waals surface area contributed by atoms with E-state index in [1.807, 2.05) is 38.1 Å². The standard InChI is InChI=1S/C15H20N2O/c1-4-17(11-12(2)3)15(18)9-8-13-6-5-7-14(16)10-13/h5-10H,2,4,11,16H2,1,3H3/b9-8+. The van der Waals surface area contributed by atoms with Crippen LogP contribution in [-0.2, 0) is 4.79 Å². The summed E-state index contributed by atoms with van der Waals surface area (Å²) in [5.74, 6) is -0.0112. The molecule has 1 amide bonds. The zero-order valence-electron chi connectivity index (χ0n) is 11.0. The van der Waals surface area contributed by atoms with Crippen molar-refractivity contribution in [3.63, 3.8) is 0 Å². The SMILES string of the molecule is C=C(C)CN(CC)C(=O)/C=C/c1cccc(N)c1. The number of hydrogen-bond donors (Lipinski definition) is 1. The van der Waals surface area contributed by atoms with Gasteiger partial charge in [0.15, 0.2) is 0 Å². The largest absolute Gasteiger partial charge is 0.399 e. The van der Waals surface area contributed by atoms with Crippen LogP contribution < -0.4 is 5.73 Å². The lowest BCUT2D eigenvalue weighted by Gasteiger charge is -2.18. The second-order valence-electron chi connectivity index (χ2n) is 4.31. The van der Waals surface area contributed by atoms with E-state index in [-0.39, 0.29) is 5.91 Å². The maximum Gasteiger partial charge on any atom is 0.246 e. The van der Waals surface area contributed by atoms with Crippen LogP contribution in [0.15, 0.2) is 42.5 Å². The van der Waals surface area contributed by atoms with Crippen molar-refractivity contribution in [1.29, 1.82) is 0 Å². The van der Waals surface area contributed by atoms with Crippen LogP contribution in [0.3, 0.4) is 0 Å². The molecule has 0 unspecified atom stereocenters. The van der Waals surface area contributed by atoms with Gasteiger partial charge in [-0.1, -0.05) is 24.3 Å². The molecule has 2 N–H and O–H groups in total. The Morgan fingerprint density at radius 2 is 2.22 bits per heavy atom. The summed E-state index contributed by atoms with van der Waals surface area (Å²) in [6.07, 6.45) is 3.35. The Morgan fingerprint density at radius 1 is 1.50 bits per heavy atom. The second-order valence-corrected chi connectivity index (χ2v) is 4.31. The fourth-order valence-electron chi connectivity index (χ4n) is 1.61. The highest BCUT2D eigenvalue weighted by Crippen LogP contribution is 2.08. The summed E-state index contributed by atoms with van der Waals surface area (Å²) in [5.41, 5.74) is 8.27. The smallest absolute Gasteiger partial charge is 0.246 e. The summed E-state index contributed by atoms with van der Waals surface area (Å²) < 4.78 is 0. The Bertz CT molecular complexity index is 463. The maximum absolute atomic E-state index is 11.9. The number of benzene rings is 1. The van der Waals surface area contributed by atoms with Gasteiger partial charge in [-0.25, -0.2) is 0 Å². The topological polar surface area (TPSA) is 46.3 Å². The summed E-state index contributed by atoms with van der Waals surface area (Å²) >= 11 is 0. The Hall–Kier alpha value is -2.03. The van der Waals surface area contributed by atoms with E-state index in [0.717, 1.165) is 11.1 Å². The molecule has 0 radical (unpaired) electrons. The van der Waals surface area contributed by atoms with Crippen LogP contribution in [-0.4, -0.2) is 23.9 Å². The minimum atomic E-state index is -0.0112. The highest BCUT2D eigenvalue weighted by molar-refractivity contribution is 5.92. The average molecular weight is 244 g/mol. The van der Waals surface area contributed by atoms with Crippen molar-refractivity contribution < 1.29 is 4.79 Å². The van der Waals surface area contributed by atoms with Crippen molar-refractivity contribution in [2.24, 2.45) is 0 Å². The normalized spacial score (nSPS) is 10.6. The molecule has 0 saturated carbocycles. The molecule has 3 heteroatoms. The molecule has 1 aromatic carbocycles. The van der Waals surface area contributed by atoms with Crippen LogP contribution in [0, 0.1) is 0 Å². The number of likely N-dealkylation sites (N-methyl/N-ethyl adjacent to an activating group) is 1. The third kappa shape index (κ3) is 4.45. The van der Waals surface area contributed by atoms with Crippen molar-refractivity contribution in [2.45, 2.75) is 13.8 Å². The molecular formula is C15H20N2O. The van der Waals surface area contributed by atoms with Crippen molar-refractivity contribution >= 4 is 17.7 Å². The summed E-state index contributed by atoms with van der Waals surface area (Å²) in [6.45, 7) is 8.96. The summed E-state index contributed by atoms with van der Waals surface area (Å²) in [6, 6.07) is 7.43. The highest BCUT2D eigenvalue weighted by atomic mass is 16.2. The molecule has 18 heavy (non-hydrogen) atoms. The lowest BCUT2D eigenvalue weighted by Crippen LogP contribution is -2.30. The van der Waals surface area contributed by atoms with Gasteiger partial charge >= 0.3 is 0 Å². The Kier molecular flexibility index (Phi) is 5.18. The number of carbonyl (C=O) groups is 1. The van der Waals surface area contributed by atoms with E-state index in [4.69, 9.17) is 5.73 Å². The predicted octanol–water partition coefficient (Wildman–Crippen LogP) is 2.71. The molecule has 0 heterocycles. The fourth-order valence-corrected chi connectivity index (χ4v) is 1.61. The van der Waals surface area contributed by atoms with Gasteiger partial charge in [-0.2, -0.15) is 0 Å². The zero-order valence-corrected chi connectivity index (χ0v) is 11.0. The fraction of sp³-hybridized carbons (Fsp3) is 0.267. The Balaban J connectivity index is 2.71. The minimum Gasteiger partial charge on any atom is -0.399 e. The molecule has 0 spiro atoms. The Morgan fingerprint density at radius 3 is 2.78 bits per heavy atom. The highest BCUT2D eigenvalue weighted by Gasteiger charge is 2.07. The van der Waals surface area contributed by atoms with E-state index in [2.05, 4.69) is 6.58 Å². The van der Waals surface area contributed by atoms with Gasteiger partial charge in [0, 0.05) is 24.9 Å². The maximum atomic E-state index is 11.9. The van der Waals surface area contributed by atoms with E-state index < -0.39 is 0 Å². The number of nitrogen functional groups attached to an aromatic ring is 1. The molecule has 0 bridgehead atoms. The van der Waals surface area contributed by atoms with E-state index >= 15 is 0 Å². The third-order valence-corrected chi connectivity index (χ3v) is 2.48. The monoisotopic (exact) mass is 244 g/mol. The van der Waals surface area contributed by atoms with Crippen LogP contribution in [0.1, 0.15) is 19.4 Å². The molecule has 1 aromatic rings. The lowest BCUT2D eigenvalue weighted by molar-refractivity contribution is -0.125. The van der Waals surface area contributed by atoms with Gasteiger partial charge in [0.1, 0.15) is 0 Å². The van der Waals surface area contributed by atoms with Crippen molar-refractivity contribution in [1.82, 2.24) is 4.90 Å². The first-order valence-electron chi connectivity index (χ1n) is 6.00. The Labute approximate surface area is 109 Å². The number of rotatable bonds is 5. The molecule has 0 aliphatic carbocycles. The summed E-state index contributed by atoms with van der Waals surface area (Å²) in [7, 11) is 0. The van der Waals surface area contributed by atoms with Gasteiger partial charge < -0.3 is 10.6 Å². The number of hydrogen-bond acceptors (Lipinski definition) is 2. The van der Waals surface area contributed by atoms with Crippen molar-refractivity contribution in [3.05, 3.63) is 48.1 Å². The number of nitrogens with two attached hydrogens (primary N) is 1. The van der Waals surface area contributed by atoms with Crippen LogP contribution in [0.5, 0.6) is 0 Å². The van der Waals surface area contributed by atoms with Gasteiger partial charge in [0.05, 0.1) is 0 Å². The number of amides is 1. The molecule has 96 valence electrons. The molecular weight excluding hydrogens is 224 g/mol. The molecule has 0 fully saturated rings. The predicted molar refractivity (Wildman–Crippen MR) is 77.0 cm³/mol. The van der Waals surface area contributed by atoms with Gasteiger partial charge in [0.25, 0.3) is 0 Å². The molecule has 1 rings (SSSR count). The van der Waals surface area contributed by atoms with Crippen molar-refractivity contribution in [2.75, 3.05) is 18.8 Å². The molecule has 0 atom stereocenters. The molecule has 0 aliphatic rings. The first-order valence-corrected chi connectivity index (χ1v) is 6.00. The van der Waals surface area contributed by atoms with Crippen LogP contribution in [0.4, 0.5) is 5.69 Å². The summed E-state index contributed by atoms with van der Waals surface area (Å²) in [4.78, 5) is 13.7. The molecule has 0 aromatic heterocycles. The van der Waals surface area contributed by atoms with E-state index in [9.17, 15) is 4.79 Å². The summed E-state index contributed by atoms with van der Waals surface area (Å²) in [5, 5.41) is 0. The number of anilines is 1. The first kappa shape index (κ1) is 14.0. The third-order valence-electron chi connectivity index (χ3n) is 2.48. The van der Waals surface area contributed by atoms with Crippen LogP contribution in [0.25, 0.3) is 6.08 Å². The molecule has 0 saturated heterocycles. The van der Waals surface area contributed by atoms with E-state index in [0.29, 0.717) is 18.8 Å². The quantitative estimate of drug-likeness (QED) is 0.492. The van der Waals surface area contributed by atoms with E-state index in [1.165, 1.54) is 0 Å². The lowest BCUT2D eigenvalue weighted by atomic mass is 10.2. The van der Waals surface area contributed by atoms with Gasteiger partial charge in [-0.3, -0.25) is 4.79 Å². The molecule has 0 aliphatic heterocycles. The van der Waals surface area contributed by atoms with Gasteiger partial charge in [0.2, 0.25) is 5.91 Å².